The van der Waals surface area contributed by atoms with Crippen LogP contribution in [0.25, 0.3) is 116 Å². The Morgan fingerprint density at radius 2 is 0.892 bits per heavy atom. The van der Waals surface area contributed by atoms with Gasteiger partial charge in [-0.25, -0.2) is 0 Å². The lowest BCUT2D eigenvalue weighted by Crippen LogP contribution is -2.58. The first kappa shape index (κ1) is 41.3. The quantitative estimate of drug-likeness (QED) is 0.158. The van der Waals surface area contributed by atoms with Gasteiger partial charge in [0.05, 0.1) is 27.6 Å². The summed E-state index contributed by atoms with van der Waals surface area (Å²) in [6.45, 7) is 6.55. The van der Waals surface area contributed by atoms with Gasteiger partial charge in [0, 0.05) is 54.9 Å². The molecule has 0 radical (unpaired) electrons. The first-order valence-electron chi connectivity index (χ1n) is 25.8. The Labute approximate surface area is 428 Å². The van der Waals surface area contributed by atoms with E-state index in [0.717, 1.165) is 39.6 Å². The summed E-state index contributed by atoms with van der Waals surface area (Å²) in [5.74, 6) is 1.78. The molecule has 346 valence electrons. The molecule has 11 aromatic carbocycles. The summed E-state index contributed by atoms with van der Waals surface area (Å²) in [5, 5.41) is 7.40. The van der Waals surface area contributed by atoms with Gasteiger partial charge in [-0.2, -0.15) is 0 Å². The fourth-order valence-corrected chi connectivity index (χ4v) is 13.5. The maximum atomic E-state index is 7.35. The van der Waals surface area contributed by atoms with Gasteiger partial charge in [-0.05, 0) is 154 Å². The first-order valence-corrected chi connectivity index (χ1v) is 25.8. The lowest BCUT2D eigenvalue weighted by Gasteiger charge is -2.34. The summed E-state index contributed by atoms with van der Waals surface area (Å²) in [5.41, 5.74) is 25.2. The maximum Gasteiger partial charge on any atom is 0.256 e. The Morgan fingerprint density at radius 1 is 0.351 bits per heavy atom. The van der Waals surface area contributed by atoms with Crippen LogP contribution in [0, 0.1) is 20.8 Å². The molecule has 2 aliphatic heterocycles. The van der Waals surface area contributed by atoms with Crippen LogP contribution in [0.5, 0.6) is 11.5 Å². The number of fused-ring (bicyclic) bond motifs is 13. The minimum absolute atomic E-state index is 0.141. The molecule has 74 heavy (non-hydrogen) atoms. The highest BCUT2D eigenvalue weighted by molar-refractivity contribution is 6.99. The zero-order chi connectivity index (χ0) is 48.9. The molecule has 4 nitrogen and oxygen atoms in total. The topological polar surface area (TPSA) is 24.0 Å². The van der Waals surface area contributed by atoms with E-state index >= 15 is 0 Å². The number of ether oxygens (including phenoxy) is 1. The van der Waals surface area contributed by atoms with E-state index in [0.29, 0.717) is 0 Å². The van der Waals surface area contributed by atoms with Crippen molar-refractivity contribution in [1.29, 1.82) is 0 Å². The van der Waals surface area contributed by atoms with Gasteiger partial charge >= 0.3 is 0 Å². The third-order valence-corrected chi connectivity index (χ3v) is 16.3. The normalized spacial score (nSPS) is 12.6. The second-order valence-electron chi connectivity index (χ2n) is 20.6. The van der Waals surface area contributed by atoms with Crippen LogP contribution in [0.2, 0.25) is 0 Å². The highest BCUT2D eigenvalue weighted by Gasteiger charge is 2.42. The molecular weight excluding hydrogens is 898 g/mol. The predicted molar refractivity (Wildman–Crippen MR) is 311 cm³/mol. The fourth-order valence-electron chi connectivity index (χ4n) is 13.5. The van der Waals surface area contributed by atoms with Crippen LogP contribution in [0.1, 0.15) is 16.7 Å². The Morgan fingerprint density at radius 3 is 1.53 bits per heavy atom. The van der Waals surface area contributed by atoms with E-state index in [2.05, 4.69) is 259 Å². The molecule has 0 atom stereocenters. The molecule has 2 aliphatic rings. The van der Waals surface area contributed by atoms with Gasteiger partial charge in [0.2, 0.25) is 0 Å². The third-order valence-electron chi connectivity index (χ3n) is 16.3. The lowest BCUT2D eigenvalue weighted by molar-refractivity contribution is 0.487. The lowest BCUT2D eigenvalue weighted by atomic mass is 9.34. The largest absolute Gasteiger partial charge is 0.458 e. The number of para-hydroxylation sites is 4. The number of aryl methyl sites for hydroxylation is 3. The monoisotopic (exact) mass is 943 g/mol. The van der Waals surface area contributed by atoms with Crippen molar-refractivity contribution in [1.82, 2.24) is 13.7 Å². The molecule has 5 heterocycles. The first-order chi connectivity index (χ1) is 36.4. The molecular formula is C69H46BN3O. The van der Waals surface area contributed by atoms with Gasteiger partial charge in [0.1, 0.15) is 11.5 Å². The van der Waals surface area contributed by atoms with Gasteiger partial charge in [0.25, 0.3) is 6.71 Å². The van der Waals surface area contributed by atoms with E-state index < -0.39 is 0 Å². The summed E-state index contributed by atoms with van der Waals surface area (Å²) in [7, 11) is 0. The van der Waals surface area contributed by atoms with E-state index in [9.17, 15) is 0 Å². The summed E-state index contributed by atoms with van der Waals surface area (Å²) < 4.78 is 14.9. The summed E-state index contributed by atoms with van der Waals surface area (Å²) >= 11 is 0. The zero-order valence-corrected chi connectivity index (χ0v) is 41.2. The van der Waals surface area contributed by atoms with Crippen LogP contribution >= 0.6 is 0 Å². The summed E-state index contributed by atoms with van der Waals surface area (Å²) in [6.07, 6.45) is 0. The van der Waals surface area contributed by atoms with Gasteiger partial charge in [-0.15, -0.1) is 0 Å². The second-order valence-corrected chi connectivity index (χ2v) is 20.6. The van der Waals surface area contributed by atoms with Crippen LogP contribution in [0.4, 0.5) is 0 Å². The van der Waals surface area contributed by atoms with Crippen LogP contribution in [0.3, 0.4) is 0 Å². The Kier molecular flexibility index (Phi) is 8.57. The molecule has 0 amide bonds. The average Bonchev–Trinajstić information content (AvgIpc) is 4.09. The molecule has 0 spiro atoms. The van der Waals surface area contributed by atoms with Crippen LogP contribution in [-0.2, 0) is 0 Å². The van der Waals surface area contributed by atoms with Crippen molar-refractivity contribution < 1.29 is 4.74 Å². The van der Waals surface area contributed by atoms with Gasteiger partial charge in [-0.1, -0.05) is 157 Å². The molecule has 0 fully saturated rings. The minimum Gasteiger partial charge on any atom is -0.458 e. The molecule has 14 aromatic rings. The molecule has 0 saturated heterocycles. The molecule has 5 heteroatoms. The average molecular weight is 944 g/mol. The highest BCUT2D eigenvalue weighted by Crippen LogP contribution is 2.45. The van der Waals surface area contributed by atoms with E-state index in [1.54, 1.807) is 0 Å². The van der Waals surface area contributed by atoms with Gasteiger partial charge in [0.15, 0.2) is 0 Å². The molecule has 0 bridgehead atoms. The second kappa shape index (κ2) is 15.3. The standard InChI is InChI=1S/C69H46BN3O/c1-41-33-42(2)67(43(3)34-41)45-29-32-65-57(35-45)70-58-40-48(72-61-27-15-11-23-53(61)54-24-12-16-28-62(54)72)39-56-55-38-47(71-59-25-13-9-21-51(59)52-22-10-14-26-60(52)71)30-31-63(55)73(69(56)58)64-36-46(37-66(74-65)68(64)70)50-20-8-7-19-49(50)44-17-5-4-6-18-44/h4-40H,1-3H3. The number of rotatable bonds is 5. The Hall–Kier alpha value is -9.32. The van der Waals surface area contributed by atoms with Crippen molar-refractivity contribution in [3.63, 3.8) is 0 Å². The molecule has 16 rings (SSSR count). The number of hydrogen-bond donors (Lipinski definition) is 0. The van der Waals surface area contributed by atoms with Crippen molar-refractivity contribution in [3.8, 4) is 61.9 Å². The Bertz CT molecular complexity index is 4610. The summed E-state index contributed by atoms with van der Waals surface area (Å²) in [4.78, 5) is 0. The SMILES string of the molecule is Cc1cc(C)c(-c2ccc3c(c2)B2c4c(cc(-c5ccccc5-c5ccccc5)cc4-n4c5ccc(-n6c7ccccc7c7ccccc76)cc5c5cc(-n6c7ccccc7c7ccccc76)cc2c54)O3)c(C)c1. The van der Waals surface area contributed by atoms with Crippen molar-refractivity contribution >= 4 is 88.5 Å². The maximum absolute atomic E-state index is 7.35. The smallest absolute Gasteiger partial charge is 0.256 e. The van der Waals surface area contributed by atoms with E-state index in [4.69, 9.17) is 4.74 Å². The fraction of sp³-hybridized carbons (Fsp3) is 0.0435. The Balaban J connectivity index is 1.05. The molecule has 0 saturated carbocycles. The third kappa shape index (κ3) is 5.75. The van der Waals surface area contributed by atoms with Gasteiger partial charge in [-0.3, -0.25) is 0 Å². The van der Waals surface area contributed by atoms with Crippen molar-refractivity contribution in [2.45, 2.75) is 20.8 Å². The minimum atomic E-state index is -0.141. The van der Waals surface area contributed by atoms with Crippen molar-refractivity contribution in [3.05, 3.63) is 241 Å². The molecule has 3 aromatic heterocycles. The van der Waals surface area contributed by atoms with Gasteiger partial charge < -0.3 is 18.4 Å². The number of hydrogen-bond acceptors (Lipinski definition) is 1. The summed E-state index contributed by atoms with van der Waals surface area (Å²) in [6, 6.07) is 83.4. The zero-order valence-electron chi connectivity index (χ0n) is 41.2. The highest BCUT2D eigenvalue weighted by atomic mass is 16.5. The van der Waals surface area contributed by atoms with Crippen LogP contribution in [0.15, 0.2) is 224 Å². The van der Waals surface area contributed by atoms with E-state index in [1.807, 2.05) is 0 Å². The van der Waals surface area contributed by atoms with Crippen molar-refractivity contribution in [2.24, 2.45) is 0 Å². The number of nitrogens with zero attached hydrogens (tertiary/aromatic N) is 3. The van der Waals surface area contributed by atoms with E-state index in [1.165, 1.54) is 121 Å². The molecule has 0 N–H and O–H groups in total. The van der Waals surface area contributed by atoms with Crippen LogP contribution in [-0.4, -0.2) is 20.4 Å². The van der Waals surface area contributed by atoms with E-state index in [-0.39, 0.29) is 6.71 Å². The predicted octanol–water partition coefficient (Wildman–Crippen LogP) is 15.8. The molecule has 0 unspecified atom stereocenters. The molecule has 0 aliphatic carbocycles. The van der Waals surface area contributed by atoms with Crippen molar-refractivity contribution in [2.75, 3.05) is 0 Å². The van der Waals surface area contributed by atoms with Crippen LogP contribution < -0.4 is 21.1 Å². The number of benzene rings is 11. The number of aromatic nitrogens is 3.